The second-order valence-electron chi connectivity index (χ2n) is 6.26. The van der Waals surface area contributed by atoms with Gasteiger partial charge in [-0.15, -0.1) is 0 Å². The largest absolute Gasteiger partial charge is 0.494 e. The van der Waals surface area contributed by atoms with Crippen molar-refractivity contribution < 1.29 is 14.3 Å². The third kappa shape index (κ3) is 6.35. The summed E-state index contributed by atoms with van der Waals surface area (Å²) in [5, 5.41) is 5.78. The highest BCUT2D eigenvalue weighted by Crippen LogP contribution is 2.18. The molecule has 6 nitrogen and oxygen atoms in total. The standard InChI is InChI=1S/C21H25N3O3S/c1-4-5-13-27-19-11-9-16(10-12-19)20(26)23-21(28)22-17-7-6-8-18(14-17)24(3)15(2)25/h6-12,14H,4-5,13H2,1-3H3,(H2,22,23,26,28). The fourth-order valence-corrected chi connectivity index (χ4v) is 2.56. The third-order valence-corrected chi connectivity index (χ3v) is 4.28. The van der Waals surface area contributed by atoms with Gasteiger partial charge in [-0.25, -0.2) is 0 Å². The number of nitrogens with one attached hydrogen (secondary N) is 2. The summed E-state index contributed by atoms with van der Waals surface area (Å²) < 4.78 is 5.59. The number of thiocarbonyl (C=S) groups is 1. The van der Waals surface area contributed by atoms with Crippen LogP contribution in [0.3, 0.4) is 0 Å². The first-order valence-electron chi connectivity index (χ1n) is 9.10. The molecule has 0 atom stereocenters. The van der Waals surface area contributed by atoms with Gasteiger partial charge in [-0.2, -0.15) is 0 Å². The second kappa shape index (κ2) is 10.4. The minimum atomic E-state index is -0.311. The SMILES string of the molecule is CCCCOc1ccc(C(=O)NC(=S)Nc2cccc(N(C)C(C)=O)c2)cc1. The molecule has 0 unspecified atom stereocenters. The smallest absolute Gasteiger partial charge is 0.257 e. The highest BCUT2D eigenvalue weighted by Gasteiger charge is 2.10. The molecule has 28 heavy (non-hydrogen) atoms. The molecule has 2 rings (SSSR count). The summed E-state index contributed by atoms with van der Waals surface area (Å²) in [6, 6.07) is 14.1. The lowest BCUT2D eigenvalue weighted by atomic mass is 10.2. The van der Waals surface area contributed by atoms with Crippen LogP contribution in [0.1, 0.15) is 37.0 Å². The number of hydrogen-bond acceptors (Lipinski definition) is 4. The summed E-state index contributed by atoms with van der Waals surface area (Å²) >= 11 is 5.22. The van der Waals surface area contributed by atoms with E-state index in [-0.39, 0.29) is 16.9 Å². The van der Waals surface area contributed by atoms with E-state index in [2.05, 4.69) is 17.6 Å². The number of benzene rings is 2. The van der Waals surface area contributed by atoms with Gasteiger partial charge >= 0.3 is 0 Å². The Morgan fingerprint density at radius 3 is 2.50 bits per heavy atom. The van der Waals surface area contributed by atoms with Crippen LogP contribution in [-0.2, 0) is 4.79 Å². The molecule has 0 aliphatic rings. The molecule has 148 valence electrons. The van der Waals surface area contributed by atoms with Crippen LogP contribution in [0.25, 0.3) is 0 Å². The van der Waals surface area contributed by atoms with Crippen molar-refractivity contribution >= 4 is 40.5 Å². The van der Waals surface area contributed by atoms with Crippen molar-refractivity contribution in [2.24, 2.45) is 0 Å². The molecule has 7 heteroatoms. The highest BCUT2D eigenvalue weighted by molar-refractivity contribution is 7.80. The van der Waals surface area contributed by atoms with Crippen molar-refractivity contribution in [3.05, 3.63) is 54.1 Å². The average Bonchev–Trinajstić information content (AvgIpc) is 2.68. The van der Waals surface area contributed by atoms with E-state index in [1.54, 1.807) is 49.5 Å². The predicted molar refractivity (Wildman–Crippen MR) is 116 cm³/mol. The van der Waals surface area contributed by atoms with Crippen LogP contribution in [0, 0.1) is 0 Å². The molecular formula is C21H25N3O3S. The first kappa shape index (κ1) is 21.4. The number of amides is 2. The van der Waals surface area contributed by atoms with Gasteiger partial charge in [-0.3, -0.25) is 14.9 Å². The molecule has 2 amide bonds. The Hall–Kier alpha value is -2.93. The van der Waals surface area contributed by atoms with Gasteiger partial charge in [0.15, 0.2) is 5.11 Å². The summed E-state index contributed by atoms with van der Waals surface area (Å²) in [6.45, 7) is 4.25. The maximum absolute atomic E-state index is 12.3. The van der Waals surface area contributed by atoms with Crippen molar-refractivity contribution in [3.63, 3.8) is 0 Å². The number of nitrogens with zero attached hydrogens (tertiary/aromatic N) is 1. The van der Waals surface area contributed by atoms with E-state index < -0.39 is 0 Å². The van der Waals surface area contributed by atoms with Crippen molar-refractivity contribution in [2.45, 2.75) is 26.7 Å². The molecule has 2 N–H and O–H groups in total. The fraction of sp³-hybridized carbons (Fsp3) is 0.286. The summed E-state index contributed by atoms with van der Waals surface area (Å²) in [5.74, 6) is 0.349. The number of unbranched alkanes of at least 4 members (excludes halogenated alkanes) is 1. The van der Waals surface area contributed by atoms with Crippen LogP contribution in [0.5, 0.6) is 5.75 Å². The molecular weight excluding hydrogens is 374 g/mol. The number of carbonyl (C=O) groups excluding carboxylic acids is 2. The van der Waals surface area contributed by atoms with Crippen molar-refractivity contribution in [1.82, 2.24) is 5.32 Å². The Labute approximate surface area is 170 Å². The zero-order valence-electron chi connectivity index (χ0n) is 16.3. The minimum Gasteiger partial charge on any atom is -0.494 e. The van der Waals surface area contributed by atoms with Crippen molar-refractivity contribution in [3.8, 4) is 5.75 Å². The second-order valence-corrected chi connectivity index (χ2v) is 6.67. The van der Waals surface area contributed by atoms with Crippen LogP contribution in [0.4, 0.5) is 11.4 Å². The van der Waals surface area contributed by atoms with Crippen molar-refractivity contribution in [2.75, 3.05) is 23.9 Å². The van der Waals surface area contributed by atoms with E-state index in [0.717, 1.165) is 24.3 Å². The highest BCUT2D eigenvalue weighted by atomic mass is 32.1. The monoisotopic (exact) mass is 399 g/mol. The maximum atomic E-state index is 12.3. The van der Waals surface area contributed by atoms with Gasteiger partial charge in [-0.05, 0) is 61.1 Å². The molecule has 0 spiro atoms. The summed E-state index contributed by atoms with van der Waals surface area (Å²) in [4.78, 5) is 25.4. The lowest BCUT2D eigenvalue weighted by Crippen LogP contribution is -2.34. The fourth-order valence-electron chi connectivity index (χ4n) is 2.35. The average molecular weight is 400 g/mol. The van der Waals surface area contributed by atoms with Crippen LogP contribution in [0.15, 0.2) is 48.5 Å². The van der Waals surface area contributed by atoms with Crippen LogP contribution in [-0.4, -0.2) is 30.6 Å². The first-order chi connectivity index (χ1) is 13.4. The van der Waals surface area contributed by atoms with Gasteiger partial charge in [0.25, 0.3) is 5.91 Å². The Morgan fingerprint density at radius 1 is 1.14 bits per heavy atom. The molecule has 2 aromatic carbocycles. The van der Waals surface area contributed by atoms with Gasteiger partial charge in [0, 0.05) is 30.9 Å². The van der Waals surface area contributed by atoms with E-state index >= 15 is 0 Å². The molecule has 2 aromatic rings. The third-order valence-electron chi connectivity index (χ3n) is 4.07. The lowest BCUT2D eigenvalue weighted by molar-refractivity contribution is -0.116. The number of hydrogen-bond donors (Lipinski definition) is 2. The van der Waals surface area contributed by atoms with Gasteiger partial charge in [0.1, 0.15) is 5.75 Å². The first-order valence-corrected chi connectivity index (χ1v) is 9.51. The number of rotatable bonds is 7. The van der Waals surface area contributed by atoms with Crippen LogP contribution >= 0.6 is 12.2 Å². The quantitative estimate of drug-likeness (QED) is 0.544. The number of carbonyl (C=O) groups is 2. The molecule has 0 fully saturated rings. The molecule has 0 saturated heterocycles. The van der Waals surface area contributed by atoms with E-state index in [0.29, 0.717) is 17.9 Å². The Morgan fingerprint density at radius 2 is 1.86 bits per heavy atom. The van der Waals surface area contributed by atoms with Gasteiger partial charge < -0.3 is 15.0 Å². The van der Waals surface area contributed by atoms with E-state index in [1.807, 2.05) is 6.07 Å². The van der Waals surface area contributed by atoms with E-state index in [1.165, 1.54) is 11.8 Å². The molecule has 0 aliphatic carbocycles. The van der Waals surface area contributed by atoms with Gasteiger partial charge in [0.2, 0.25) is 5.91 Å². The topological polar surface area (TPSA) is 70.7 Å². The molecule has 0 radical (unpaired) electrons. The Kier molecular flexibility index (Phi) is 7.95. The minimum absolute atomic E-state index is 0.0739. The van der Waals surface area contributed by atoms with Gasteiger partial charge in [0.05, 0.1) is 6.61 Å². The Bertz CT molecular complexity index is 837. The summed E-state index contributed by atoms with van der Waals surface area (Å²) in [5.41, 5.74) is 1.89. The molecule has 0 bridgehead atoms. The van der Waals surface area contributed by atoms with Crippen LogP contribution < -0.4 is 20.3 Å². The molecule has 0 saturated carbocycles. The molecule has 0 heterocycles. The summed E-state index contributed by atoms with van der Waals surface area (Å²) in [7, 11) is 1.69. The van der Waals surface area contributed by atoms with Crippen LogP contribution in [0.2, 0.25) is 0 Å². The summed E-state index contributed by atoms with van der Waals surface area (Å²) in [6.07, 6.45) is 2.06. The van der Waals surface area contributed by atoms with Crippen molar-refractivity contribution in [1.29, 1.82) is 0 Å². The zero-order chi connectivity index (χ0) is 20.5. The number of ether oxygens (including phenoxy) is 1. The predicted octanol–water partition coefficient (Wildman–Crippen LogP) is 3.98. The van der Waals surface area contributed by atoms with Gasteiger partial charge in [-0.1, -0.05) is 19.4 Å². The lowest BCUT2D eigenvalue weighted by Gasteiger charge is -2.16. The number of anilines is 2. The normalized spacial score (nSPS) is 10.1. The van der Waals surface area contributed by atoms with E-state index in [4.69, 9.17) is 17.0 Å². The maximum Gasteiger partial charge on any atom is 0.257 e. The zero-order valence-corrected chi connectivity index (χ0v) is 17.1. The van der Waals surface area contributed by atoms with E-state index in [9.17, 15) is 9.59 Å². The molecule has 0 aromatic heterocycles. The molecule has 0 aliphatic heterocycles. The Balaban J connectivity index is 1.93.